The third-order valence-electron chi connectivity index (χ3n) is 4.07. The molecule has 20 heavy (non-hydrogen) atoms. The molecule has 1 saturated heterocycles. The molecule has 1 aliphatic heterocycles. The number of rotatable bonds is 4. The number of piperazine rings is 1. The van der Waals surface area contributed by atoms with E-state index in [2.05, 4.69) is 46.3 Å². The summed E-state index contributed by atoms with van der Waals surface area (Å²) in [7, 11) is 1.70. The Hall–Kier alpha value is -1.39. The Labute approximate surface area is 121 Å². The third-order valence-corrected chi connectivity index (χ3v) is 4.07. The van der Waals surface area contributed by atoms with Crippen LogP contribution in [0, 0.1) is 6.92 Å². The van der Waals surface area contributed by atoms with E-state index in [0.29, 0.717) is 0 Å². The Morgan fingerprint density at radius 3 is 2.60 bits per heavy atom. The van der Waals surface area contributed by atoms with Gasteiger partial charge in [-0.05, 0) is 19.4 Å². The molecule has 0 aromatic heterocycles. The Bertz CT molecular complexity index is 453. The zero-order valence-corrected chi connectivity index (χ0v) is 12.7. The highest BCUT2D eigenvalue weighted by Gasteiger charge is 2.24. The maximum Gasteiger partial charge on any atom is 0.236 e. The van der Waals surface area contributed by atoms with Crippen LogP contribution in [0.25, 0.3) is 0 Å². The zero-order chi connectivity index (χ0) is 14.5. The molecule has 0 radical (unpaired) electrons. The number of hydrogen-bond acceptors (Lipinski definition) is 3. The molecule has 1 amide bonds. The lowest BCUT2D eigenvalue weighted by Gasteiger charge is -2.37. The third kappa shape index (κ3) is 3.81. The number of amides is 1. The van der Waals surface area contributed by atoms with Crippen LogP contribution in [0.4, 0.5) is 0 Å². The number of aryl methyl sites for hydroxylation is 1. The summed E-state index contributed by atoms with van der Waals surface area (Å²) in [5.41, 5.74) is 2.69. The van der Waals surface area contributed by atoms with E-state index in [1.54, 1.807) is 7.05 Å². The van der Waals surface area contributed by atoms with Crippen LogP contribution in [-0.2, 0) is 11.3 Å². The molecule has 1 N–H and O–H groups in total. The molecule has 1 aromatic rings. The molecule has 0 saturated carbocycles. The molecule has 1 aliphatic rings. The van der Waals surface area contributed by atoms with Crippen LogP contribution in [0.3, 0.4) is 0 Å². The van der Waals surface area contributed by atoms with Gasteiger partial charge >= 0.3 is 0 Å². The highest BCUT2D eigenvalue weighted by atomic mass is 16.2. The molecule has 0 bridgehead atoms. The molecule has 1 heterocycles. The molecule has 1 fully saturated rings. The number of benzene rings is 1. The molecule has 0 unspecified atom stereocenters. The summed E-state index contributed by atoms with van der Waals surface area (Å²) in [5.74, 6) is 0.108. The van der Waals surface area contributed by atoms with E-state index < -0.39 is 0 Å². The summed E-state index contributed by atoms with van der Waals surface area (Å²) in [4.78, 5) is 16.4. The zero-order valence-electron chi connectivity index (χ0n) is 12.7. The second-order valence-electron chi connectivity index (χ2n) is 5.59. The van der Waals surface area contributed by atoms with Crippen molar-refractivity contribution in [3.8, 4) is 0 Å². The fourth-order valence-electron chi connectivity index (χ4n) is 2.75. The molecule has 0 spiro atoms. The molecule has 1 aromatic carbocycles. The molecule has 2 rings (SSSR count). The van der Waals surface area contributed by atoms with Crippen LogP contribution in [0.1, 0.15) is 18.1 Å². The average molecular weight is 275 g/mol. The Morgan fingerprint density at radius 2 is 2.00 bits per heavy atom. The van der Waals surface area contributed by atoms with Gasteiger partial charge in [-0.3, -0.25) is 14.6 Å². The first kappa shape index (κ1) is 15.0. The van der Waals surface area contributed by atoms with Gasteiger partial charge in [-0.1, -0.05) is 29.8 Å². The van der Waals surface area contributed by atoms with E-state index in [-0.39, 0.29) is 11.9 Å². The summed E-state index contributed by atoms with van der Waals surface area (Å²) >= 11 is 0. The van der Waals surface area contributed by atoms with E-state index in [9.17, 15) is 4.79 Å². The minimum absolute atomic E-state index is 0.0267. The molecular formula is C16H25N3O. The van der Waals surface area contributed by atoms with E-state index in [1.165, 1.54) is 11.1 Å². The van der Waals surface area contributed by atoms with Crippen molar-refractivity contribution in [3.63, 3.8) is 0 Å². The van der Waals surface area contributed by atoms with Gasteiger partial charge < -0.3 is 5.32 Å². The second-order valence-corrected chi connectivity index (χ2v) is 5.59. The average Bonchev–Trinajstić information content (AvgIpc) is 2.46. The van der Waals surface area contributed by atoms with E-state index in [1.807, 2.05) is 6.92 Å². The Kier molecular flexibility index (Phi) is 5.15. The lowest BCUT2D eigenvalue weighted by Crippen LogP contribution is -2.53. The number of carbonyl (C=O) groups excluding carboxylic acids is 1. The van der Waals surface area contributed by atoms with Crippen LogP contribution in [-0.4, -0.2) is 55.0 Å². The summed E-state index contributed by atoms with van der Waals surface area (Å²) in [6.07, 6.45) is 0. The monoisotopic (exact) mass is 275 g/mol. The number of nitrogens with zero attached hydrogens (tertiary/aromatic N) is 2. The topological polar surface area (TPSA) is 35.6 Å². The summed E-state index contributed by atoms with van der Waals surface area (Å²) in [5, 5.41) is 2.73. The van der Waals surface area contributed by atoms with Crippen molar-refractivity contribution >= 4 is 5.91 Å². The Balaban J connectivity index is 1.84. The standard InChI is InChI=1S/C16H25N3O/c1-13-5-4-6-15(11-13)12-18-7-9-19(10-8-18)14(2)16(20)17-3/h4-6,11,14H,7-10,12H2,1-3H3,(H,17,20)/t14-/m0/s1. The second kappa shape index (κ2) is 6.86. The normalized spacial score (nSPS) is 18.8. The molecule has 4 heteroatoms. The number of carbonyl (C=O) groups is 1. The van der Waals surface area contributed by atoms with Crippen LogP contribution >= 0.6 is 0 Å². The number of nitrogens with one attached hydrogen (secondary N) is 1. The minimum Gasteiger partial charge on any atom is -0.358 e. The van der Waals surface area contributed by atoms with E-state index in [0.717, 1.165) is 32.7 Å². The van der Waals surface area contributed by atoms with Crippen molar-refractivity contribution in [2.45, 2.75) is 26.4 Å². The summed E-state index contributed by atoms with van der Waals surface area (Å²) in [6, 6.07) is 8.66. The lowest BCUT2D eigenvalue weighted by molar-refractivity contribution is -0.126. The SMILES string of the molecule is CNC(=O)[C@H](C)N1CCN(Cc2cccc(C)c2)CC1. The largest absolute Gasteiger partial charge is 0.358 e. The predicted octanol–water partition coefficient (Wildman–Crippen LogP) is 1.25. The highest BCUT2D eigenvalue weighted by Crippen LogP contribution is 2.11. The van der Waals surface area contributed by atoms with Gasteiger partial charge in [0.15, 0.2) is 0 Å². The number of likely N-dealkylation sites (N-methyl/N-ethyl adjacent to an activating group) is 1. The molecule has 1 atom stereocenters. The van der Waals surface area contributed by atoms with Crippen molar-refractivity contribution in [2.24, 2.45) is 0 Å². The fraction of sp³-hybridized carbons (Fsp3) is 0.562. The summed E-state index contributed by atoms with van der Waals surface area (Å²) in [6.45, 7) is 9.08. The van der Waals surface area contributed by atoms with Crippen molar-refractivity contribution in [1.29, 1.82) is 0 Å². The van der Waals surface area contributed by atoms with E-state index >= 15 is 0 Å². The van der Waals surface area contributed by atoms with Crippen molar-refractivity contribution in [2.75, 3.05) is 33.2 Å². The van der Waals surface area contributed by atoms with E-state index in [4.69, 9.17) is 0 Å². The van der Waals surface area contributed by atoms with Gasteiger partial charge in [0.25, 0.3) is 0 Å². The van der Waals surface area contributed by atoms with Crippen LogP contribution in [0.2, 0.25) is 0 Å². The first-order chi connectivity index (χ1) is 9.60. The molecule has 0 aliphatic carbocycles. The van der Waals surface area contributed by atoms with Crippen LogP contribution in [0.5, 0.6) is 0 Å². The van der Waals surface area contributed by atoms with Crippen molar-refractivity contribution in [1.82, 2.24) is 15.1 Å². The van der Waals surface area contributed by atoms with Crippen molar-refractivity contribution in [3.05, 3.63) is 35.4 Å². The highest BCUT2D eigenvalue weighted by molar-refractivity contribution is 5.80. The quantitative estimate of drug-likeness (QED) is 0.898. The number of hydrogen-bond donors (Lipinski definition) is 1. The maximum atomic E-state index is 11.7. The van der Waals surface area contributed by atoms with Crippen LogP contribution in [0.15, 0.2) is 24.3 Å². The molecule has 110 valence electrons. The van der Waals surface area contributed by atoms with Gasteiger partial charge in [0.1, 0.15) is 0 Å². The van der Waals surface area contributed by atoms with Crippen LogP contribution < -0.4 is 5.32 Å². The van der Waals surface area contributed by atoms with Gasteiger partial charge in [-0.15, -0.1) is 0 Å². The smallest absolute Gasteiger partial charge is 0.236 e. The van der Waals surface area contributed by atoms with Gasteiger partial charge in [0, 0.05) is 39.8 Å². The van der Waals surface area contributed by atoms with Gasteiger partial charge in [-0.2, -0.15) is 0 Å². The first-order valence-electron chi connectivity index (χ1n) is 7.33. The predicted molar refractivity (Wildman–Crippen MR) is 81.6 cm³/mol. The summed E-state index contributed by atoms with van der Waals surface area (Å²) < 4.78 is 0. The van der Waals surface area contributed by atoms with Crippen molar-refractivity contribution < 1.29 is 4.79 Å². The molecule has 4 nitrogen and oxygen atoms in total. The van der Waals surface area contributed by atoms with Gasteiger partial charge in [0.2, 0.25) is 5.91 Å². The van der Waals surface area contributed by atoms with Gasteiger partial charge in [-0.25, -0.2) is 0 Å². The maximum absolute atomic E-state index is 11.7. The molecular weight excluding hydrogens is 250 g/mol. The first-order valence-corrected chi connectivity index (χ1v) is 7.33. The lowest BCUT2D eigenvalue weighted by atomic mass is 10.1. The fourth-order valence-corrected chi connectivity index (χ4v) is 2.75. The van der Waals surface area contributed by atoms with Gasteiger partial charge in [0.05, 0.1) is 6.04 Å². The minimum atomic E-state index is -0.0267. The Morgan fingerprint density at radius 1 is 1.30 bits per heavy atom.